The Morgan fingerprint density at radius 1 is 1.00 bits per heavy atom. The van der Waals surface area contributed by atoms with Crippen LogP contribution in [-0.2, 0) is 4.79 Å². The van der Waals surface area contributed by atoms with Gasteiger partial charge in [0.15, 0.2) is 5.13 Å². The normalized spacial score (nSPS) is 16.5. The molecule has 2 aliphatic heterocycles. The molecule has 2 aromatic carbocycles. The Bertz CT molecular complexity index is 1150. The molecule has 0 saturated carbocycles. The maximum Gasteiger partial charge on any atom is 0.262 e. The Morgan fingerprint density at radius 2 is 1.67 bits per heavy atom. The fourth-order valence-electron chi connectivity index (χ4n) is 3.79. The topological polar surface area (TPSA) is 73.8 Å². The third kappa shape index (κ3) is 3.22. The van der Waals surface area contributed by atoms with Crippen molar-refractivity contribution >= 4 is 56.0 Å². The number of carbonyl (C=O) groups excluding carboxylic acids is 3. The largest absolute Gasteiger partial charge is 0.345 e. The summed E-state index contributed by atoms with van der Waals surface area (Å²) in [6.07, 6.45) is 0. The molecular formula is C21H17ClN4O3S. The van der Waals surface area contributed by atoms with Gasteiger partial charge in [0.25, 0.3) is 11.8 Å². The van der Waals surface area contributed by atoms with Crippen molar-refractivity contribution in [1.82, 2.24) is 14.8 Å². The van der Waals surface area contributed by atoms with Gasteiger partial charge in [-0.25, -0.2) is 4.98 Å². The minimum atomic E-state index is -0.407. The van der Waals surface area contributed by atoms with Crippen LogP contribution in [0.15, 0.2) is 42.5 Å². The number of aromatic nitrogens is 1. The van der Waals surface area contributed by atoms with E-state index in [1.807, 2.05) is 18.2 Å². The van der Waals surface area contributed by atoms with Crippen molar-refractivity contribution in [3.8, 4) is 0 Å². The van der Waals surface area contributed by atoms with Crippen molar-refractivity contribution in [1.29, 1.82) is 0 Å². The number of rotatable bonds is 3. The average Bonchev–Trinajstić information content (AvgIpc) is 3.28. The number of halogens is 1. The van der Waals surface area contributed by atoms with Crippen molar-refractivity contribution in [2.75, 3.05) is 37.6 Å². The van der Waals surface area contributed by atoms with E-state index in [1.165, 1.54) is 0 Å². The Balaban J connectivity index is 1.23. The summed E-state index contributed by atoms with van der Waals surface area (Å²) in [4.78, 5) is 47.3. The summed E-state index contributed by atoms with van der Waals surface area (Å²) in [6.45, 7) is 2.08. The van der Waals surface area contributed by atoms with Gasteiger partial charge in [-0.3, -0.25) is 19.3 Å². The van der Waals surface area contributed by atoms with Gasteiger partial charge in [0, 0.05) is 31.2 Å². The SMILES string of the molecule is O=C(CN1C(=O)c2ccccc2C1=O)N1CCN(c2nc3ccc(Cl)cc3s2)CC1. The second-order valence-corrected chi connectivity index (χ2v) is 8.66. The van der Waals surface area contributed by atoms with Crippen LogP contribution in [0.25, 0.3) is 10.2 Å². The lowest BCUT2D eigenvalue weighted by molar-refractivity contribution is -0.131. The lowest BCUT2D eigenvalue weighted by atomic mass is 10.1. The van der Waals surface area contributed by atoms with Crippen LogP contribution in [0, 0.1) is 0 Å². The van der Waals surface area contributed by atoms with Crippen molar-refractivity contribution < 1.29 is 14.4 Å². The van der Waals surface area contributed by atoms with Crippen molar-refractivity contribution in [2.24, 2.45) is 0 Å². The predicted molar refractivity (Wildman–Crippen MR) is 115 cm³/mol. The summed E-state index contributed by atoms with van der Waals surface area (Å²) < 4.78 is 1.03. The predicted octanol–water partition coefficient (Wildman–Crippen LogP) is 2.89. The lowest BCUT2D eigenvalue weighted by Crippen LogP contribution is -2.51. The number of piperazine rings is 1. The zero-order valence-electron chi connectivity index (χ0n) is 15.9. The molecule has 9 heteroatoms. The number of amides is 3. The van der Waals surface area contributed by atoms with E-state index in [9.17, 15) is 14.4 Å². The zero-order valence-corrected chi connectivity index (χ0v) is 17.4. The Morgan fingerprint density at radius 3 is 2.33 bits per heavy atom. The minimum Gasteiger partial charge on any atom is -0.345 e. The number of thiazole rings is 1. The van der Waals surface area contributed by atoms with E-state index in [4.69, 9.17) is 11.6 Å². The number of hydrogen-bond acceptors (Lipinski definition) is 6. The average molecular weight is 441 g/mol. The van der Waals surface area contributed by atoms with Gasteiger partial charge in [-0.05, 0) is 30.3 Å². The molecule has 0 bridgehead atoms. The van der Waals surface area contributed by atoms with E-state index in [0.717, 1.165) is 20.2 Å². The van der Waals surface area contributed by atoms with Crippen LogP contribution in [-0.4, -0.2) is 65.2 Å². The summed E-state index contributed by atoms with van der Waals surface area (Å²) in [5.41, 5.74) is 1.62. The van der Waals surface area contributed by atoms with Gasteiger partial charge < -0.3 is 9.80 Å². The summed E-state index contributed by atoms with van der Waals surface area (Å²) in [7, 11) is 0. The lowest BCUT2D eigenvalue weighted by Gasteiger charge is -2.35. The second kappa shape index (κ2) is 7.37. The van der Waals surface area contributed by atoms with E-state index in [2.05, 4.69) is 9.88 Å². The molecule has 3 heterocycles. The Kier molecular flexibility index (Phi) is 4.67. The highest BCUT2D eigenvalue weighted by molar-refractivity contribution is 7.22. The van der Waals surface area contributed by atoms with Crippen LogP contribution in [0.5, 0.6) is 0 Å². The molecule has 30 heavy (non-hydrogen) atoms. The fourth-order valence-corrected chi connectivity index (χ4v) is 5.08. The van der Waals surface area contributed by atoms with Crippen LogP contribution in [0.4, 0.5) is 5.13 Å². The van der Waals surface area contributed by atoms with E-state index in [-0.39, 0.29) is 12.5 Å². The molecule has 5 rings (SSSR count). The molecule has 0 atom stereocenters. The van der Waals surface area contributed by atoms with Crippen LogP contribution >= 0.6 is 22.9 Å². The molecule has 3 aromatic rings. The molecule has 7 nitrogen and oxygen atoms in total. The molecule has 0 aliphatic carbocycles. The number of anilines is 1. The molecule has 1 fully saturated rings. The smallest absolute Gasteiger partial charge is 0.262 e. The summed E-state index contributed by atoms with van der Waals surface area (Å²) in [5.74, 6) is -1.04. The van der Waals surface area contributed by atoms with Gasteiger partial charge in [0.1, 0.15) is 6.54 Å². The Labute approximate surface area is 181 Å². The highest BCUT2D eigenvalue weighted by Gasteiger charge is 2.37. The van der Waals surface area contributed by atoms with Gasteiger partial charge in [-0.1, -0.05) is 35.1 Å². The number of carbonyl (C=O) groups is 3. The van der Waals surface area contributed by atoms with Gasteiger partial charge in [-0.15, -0.1) is 0 Å². The number of imide groups is 1. The summed E-state index contributed by atoms with van der Waals surface area (Å²) >= 11 is 7.63. The van der Waals surface area contributed by atoms with E-state index < -0.39 is 11.8 Å². The summed E-state index contributed by atoms with van der Waals surface area (Å²) in [6, 6.07) is 12.3. The number of hydrogen-bond donors (Lipinski definition) is 0. The van der Waals surface area contributed by atoms with Crippen LogP contribution in [0.3, 0.4) is 0 Å². The molecule has 0 unspecified atom stereocenters. The summed E-state index contributed by atoms with van der Waals surface area (Å²) in [5, 5.41) is 1.58. The van der Waals surface area contributed by atoms with Gasteiger partial charge in [0.2, 0.25) is 5.91 Å². The first kappa shape index (κ1) is 19.0. The molecule has 152 valence electrons. The number of benzene rings is 2. The molecule has 0 spiro atoms. The number of nitrogens with zero attached hydrogens (tertiary/aromatic N) is 4. The molecule has 0 radical (unpaired) electrons. The van der Waals surface area contributed by atoms with E-state index >= 15 is 0 Å². The standard InChI is InChI=1S/C21H17ClN4O3S/c22-13-5-6-16-17(11-13)30-21(23-16)25-9-7-24(8-10-25)18(27)12-26-19(28)14-3-1-2-4-15(14)20(26)29/h1-6,11H,7-10,12H2. The van der Waals surface area contributed by atoms with Crippen LogP contribution < -0.4 is 4.90 Å². The Hall–Kier alpha value is -2.97. The van der Waals surface area contributed by atoms with Crippen molar-refractivity contribution in [2.45, 2.75) is 0 Å². The maximum atomic E-state index is 12.8. The van der Waals surface area contributed by atoms with Gasteiger partial charge in [0.05, 0.1) is 21.3 Å². The first-order valence-corrected chi connectivity index (χ1v) is 10.7. The highest BCUT2D eigenvalue weighted by atomic mass is 35.5. The van der Waals surface area contributed by atoms with Gasteiger partial charge in [-0.2, -0.15) is 0 Å². The second-order valence-electron chi connectivity index (χ2n) is 7.22. The minimum absolute atomic E-state index is 0.222. The molecule has 2 aliphatic rings. The zero-order chi connectivity index (χ0) is 20.8. The molecule has 0 N–H and O–H groups in total. The van der Waals surface area contributed by atoms with Crippen molar-refractivity contribution in [3.63, 3.8) is 0 Å². The first-order valence-electron chi connectivity index (χ1n) is 9.55. The molecular weight excluding hydrogens is 424 g/mol. The highest BCUT2D eigenvalue weighted by Crippen LogP contribution is 2.31. The fraction of sp³-hybridized carbons (Fsp3) is 0.238. The molecule has 1 saturated heterocycles. The molecule has 1 aromatic heterocycles. The monoisotopic (exact) mass is 440 g/mol. The van der Waals surface area contributed by atoms with Gasteiger partial charge >= 0.3 is 0 Å². The third-order valence-electron chi connectivity index (χ3n) is 5.41. The van der Waals surface area contributed by atoms with E-state index in [0.29, 0.717) is 42.3 Å². The quantitative estimate of drug-likeness (QED) is 0.585. The number of fused-ring (bicyclic) bond motifs is 2. The van der Waals surface area contributed by atoms with Crippen molar-refractivity contribution in [3.05, 3.63) is 58.6 Å². The third-order valence-corrected chi connectivity index (χ3v) is 6.73. The molecule has 3 amide bonds. The van der Waals surface area contributed by atoms with E-state index in [1.54, 1.807) is 40.5 Å². The maximum absolute atomic E-state index is 12.8. The first-order chi connectivity index (χ1) is 14.5. The van der Waals surface area contributed by atoms with Crippen LogP contribution in [0.1, 0.15) is 20.7 Å². The van der Waals surface area contributed by atoms with Crippen LogP contribution in [0.2, 0.25) is 5.02 Å².